The van der Waals surface area contributed by atoms with Crippen LogP contribution in [0.25, 0.3) is 0 Å². The lowest BCUT2D eigenvalue weighted by molar-refractivity contribution is 0.0969. The van der Waals surface area contributed by atoms with Gasteiger partial charge in [0.2, 0.25) is 5.91 Å². The molecule has 3 aromatic carbocycles. The number of carbonyl (C=O) groups excluding carboxylic acids is 2. The molecule has 0 aliphatic heterocycles. The molecule has 1 aromatic heterocycles. The molecule has 0 fully saturated rings. The van der Waals surface area contributed by atoms with Crippen LogP contribution in [0.5, 0.6) is 5.75 Å². The van der Waals surface area contributed by atoms with E-state index in [0.29, 0.717) is 24.3 Å². The first-order valence-electron chi connectivity index (χ1n) is 12.4. The van der Waals surface area contributed by atoms with E-state index in [1.54, 1.807) is 30.4 Å². The Hall–Kier alpha value is -3.84. The van der Waals surface area contributed by atoms with E-state index in [0.717, 1.165) is 52.2 Å². The molecule has 0 saturated carbocycles. The first-order valence-corrected chi connectivity index (χ1v) is 13.6. The van der Waals surface area contributed by atoms with E-state index in [1.807, 2.05) is 59.3 Å². The summed E-state index contributed by atoms with van der Waals surface area (Å²) in [6.07, 6.45) is 7.58. The Balaban J connectivity index is 1.43. The molecule has 0 bridgehead atoms. The SMILES string of the molecule is NC(=O)c1cccc(CSCc2c(O[C@H](Cn3ccnc3)c3ccccc3)ccc3c2CCCC3=O)c1. The van der Waals surface area contributed by atoms with E-state index in [2.05, 4.69) is 17.1 Å². The number of thioether (sulfide) groups is 1. The Morgan fingerprint density at radius 3 is 2.70 bits per heavy atom. The first kappa shape index (κ1) is 24.8. The summed E-state index contributed by atoms with van der Waals surface area (Å²) < 4.78 is 8.74. The van der Waals surface area contributed by atoms with Gasteiger partial charge in [-0.25, -0.2) is 4.98 Å². The number of hydrogen-bond acceptors (Lipinski definition) is 5. The van der Waals surface area contributed by atoms with Crippen LogP contribution in [0.4, 0.5) is 0 Å². The lowest BCUT2D eigenvalue weighted by Gasteiger charge is -2.25. The number of rotatable bonds is 10. The molecule has 188 valence electrons. The number of fused-ring (bicyclic) bond motifs is 1. The third-order valence-corrected chi connectivity index (χ3v) is 7.65. The quantitative estimate of drug-likeness (QED) is 0.293. The maximum atomic E-state index is 12.7. The van der Waals surface area contributed by atoms with Crippen molar-refractivity contribution in [1.82, 2.24) is 9.55 Å². The number of nitrogens with zero attached hydrogens (tertiary/aromatic N) is 2. The van der Waals surface area contributed by atoms with Gasteiger partial charge in [0.15, 0.2) is 5.78 Å². The number of benzene rings is 3. The molecule has 0 radical (unpaired) electrons. The van der Waals surface area contributed by atoms with E-state index in [1.165, 1.54) is 0 Å². The van der Waals surface area contributed by atoms with Crippen LogP contribution in [0.1, 0.15) is 61.9 Å². The normalized spacial score (nSPS) is 13.7. The smallest absolute Gasteiger partial charge is 0.248 e. The lowest BCUT2D eigenvalue weighted by atomic mass is 9.87. The fraction of sp³-hybridized carbons (Fsp3) is 0.233. The molecule has 4 aromatic rings. The summed E-state index contributed by atoms with van der Waals surface area (Å²) in [5.74, 6) is 1.99. The predicted octanol–water partition coefficient (Wildman–Crippen LogP) is 5.75. The number of ether oxygens (including phenoxy) is 1. The Kier molecular flexibility index (Phi) is 7.70. The van der Waals surface area contributed by atoms with Crippen molar-refractivity contribution >= 4 is 23.5 Å². The zero-order valence-corrected chi connectivity index (χ0v) is 21.3. The summed E-state index contributed by atoms with van der Waals surface area (Å²) >= 11 is 1.74. The number of primary amides is 1. The highest BCUT2D eigenvalue weighted by molar-refractivity contribution is 7.97. The third-order valence-electron chi connectivity index (χ3n) is 6.62. The van der Waals surface area contributed by atoms with Crippen molar-refractivity contribution in [3.63, 3.8) is 0 Å². The molecule has 1 aliphatic carbocycles. The molecule has 1 atom stereocenters. The molecule has 0 saturated heterocycles. The molecule has 6 nitrogen and oxygen atoms in total. The van der Waals surface area contributed by atoms with Crippen LogP contribution in [-0.2, 0) is 24.5 Å². The van der Waals surface area contributed by atoms with E-state index < -0.39 is 5.91 Å². The number of hydrogen-bond donors (Lipinski definition) is 1. The van der Waals surface area contributed by atoms with Gasteiger partial charge >= 0.3 is 0 Å². The van der Waals surface area contributed by atoms with Crippen LogP contribution in [0, 0.1) is 0 Å². The minimum Gasteiger partial charge on any atom is -0.484 e. The minimum atomic E-state index is -0.428. The minimum absolute atomic E-state index is 0.200. The summed E-state index contributed by atoms with van der Waals surface area (Å²) in [6, 6.07) is 21.5. The molecule has 0 unspecified atom stereocenters. The zero-order chi connectivity index (χ0) is 25.6. The zero-order valence-electron chi connectivity index (χ0n) is 20.5. The number of carbonyl (C=O) groups is 2. The third kappa shape index (κ3) is 5.94. The van der Waals surface area contributed by atoms with Crippen LogP contribution < -0.4 is 10.5 Å². The van der Waals surface area contributed by atoms with E-state index in [9.17, 15) is 9.59 Å². The maximum Gasteiger partial charge on any atom is 0.248 e. The Morgan fingerprint density at radius 1 is 1.05 bits per heavy atom. The summed E-state index contributed by atoms with van der Waals surface area (Å²) in [5, 5.41) is 0. The summed E-state index contributed by atoms with van der Waals surface area (Å²) in [5.41, 5.74) is 11.1. The topological polar surface area (TPSA) is 87.2 Å². The Bertz CT molecular complexity index is 1390. The second kappa shape index (κ2) is 11.5. The van der Waals surface area contributed by atoms with Gasteiger partial charge in [0, 0.05) is 47.0 Å². The fourth-order valence-electron chi connectivity index (χ4n) is 4.75. The summed E-state index contributed by atoms with van der Waals surface area (Å²) in [4.78, 5) is 28.5. The Morgan fingerprint density at radius 2 is 1.92 bits per heavy atom. The van der Waals surface area contributed by atoms with Crippen LogP contribution in [0.3, 0.4) is 0 Å². The van der Waals surface area contributed by atoms with Crippen molar-refractivity contribution in [2.45, 2.75) is 43.4 Å². The number of ketones is 1. The maximum absolute atomic E-state index is 12.7. The number of Topliss-reactive ketones (excluding diaryl/α,β-unsaturated/α-hetero) is 1. The molecule has 1 heterocycles. The van der Waals surface area contributed by atoms with Crippen molar-refractivity contribution in [3.05, 3.63) is 119 Å². The van der Waals surface area contributed by atoms with Crippen LogP contribution in [0.15, 0.2) is 85.5 Å². The number of nitrogens with two attached hydrogens (primary N) is 1. The highest BCUT2D eigenvalue weighted by Gasteiger charge is 2.24. The number of amides is 1. The van der Waals surface area contributed by atoms with Gasteiger partial charge in [-0.15, -0.1) is 0 Å². The standard InChI is InChI=1S/C30H29N3O3S/c31-30(35)23-9-4-6-21(16-23)18-37-19-26-24-10-5-11-27(34)25(24)12-13-28(26)36-29(17-33-15-14-32-20-33)22-7-2-1-3-8-22/h1-4,6-9,12-16,20,29H,5,10-11,17-19H2,(H2,31,35)/t29-/m1/s1. The van der Waals surface area contributed by atoms with Gasteiger partial charge in [0.05, 0.1) is 12.9 Å². The van der Waals surface area contributed by atoms with E-state index in [-0.39, 0.29) is 11.9 Å². The first-order chi connectivity index (χ1) is 18.1. The highest BCUT2D eigenvalue weighted by atomic mass is 32.2. The molecule has 2 N–H and O–H groups in total. The molecule has 1 amide bonds. The van der Waals surface area contributed by atoms with Gasteiger partial charge in [-0.05, 0) is 53.8 Å². The number of aromatic nitrogens is 2. The van der Waals surface area contributed by atoms with Gasteiger partial charge in [0.1, 0.15) is 11.9 Å². The van der Waals surface area contributed by atoms with Gasteiger partial charge < -0.3 is 15.0 Å². The molecular weight excluding hydrogens is 482 g/mol. The molecule has 37 heavy (non-hydrogen) atoms. The van der Waals surface area contributed by atoms with Gasteiger partial charge in [-0.2, -0.15) is 11.8 Å². The Labute approximate surface area is 220 Å². The largest absolute Gasteiger partial charge is 0.484 e. The van der Waals surface area contributed by atoms with Crippen LogP contribution in [-0.4, -0.2) is 21.2 Å². The van der Waals surface area contributed by atoms with Crippen LogP contribution >= 0.6 is 11.8 Å². The van der Waals surface area contributed by atoms with E-state index >= 15 is 0 Å². The molecule has 1 aliphatic rings. The van der Waals surface area contributed by atoms with Crippen molar-refractivity contribution in [2.24, 2.45) is 5.73 Å². The van der Waals surface area contributed by atoms with Gasteiger partial charge in [-0.1, -0.05) is 42.5 Å². The average molecular weight is 512 g/mol. The van der Waals surface area contributed by atoms with Crippen molar-refractivity contribution < 1.29 is 14.3 Å². The highest BCUT2D eigenvalue weighted by Crippen LogP contribution is 2.37. The number of imidazole rings is 1. The molecule has 5 rings (SSSR count). The molecular formula is C30H29N3O3S. The van der Waals surface area contributed by atoms with Crippen molar-refractivity contribution in [3.8, 4) is 5.75 Å². The van der Waals surface area contributed by atoms with Gasteiger partial charge in [0.25, 0.3) is 0 Å². The fourth-order valence-corrected chi connectivity index (χ4v) is 5.79. The van der Waals surface area contributed by atoms with E-state index in [4.69, 9.17) is 10.5 Å². The monoisotopic (exact) mass is 511 g/mol. The summed E-state index contributed by atoms with van der Waals surface area (Å²) in [6.45, 7) is 0.618. The van der Waals surface area contributed by atoms with Crippen molar-refractivity contribution in [2.75, 3.05) is 0 Å². The lowest BCUT2D eigenvalue weighted by Crippen LogP contribution is -2.18. The van der Waals surface area contributed by atoms with Gasteiger partial charge in [-0.3, -0.25) is 9.59 Å². The second-order valence-electron chi connectivity index (χ2n) is 9.18. The molecule has 7 heteroatoms. The second-order valence-corrected chi connectivity index (χ2v) is 10.2. The predicted molar refractivity (Wildman–Crippen MR) is 146 cm³/mol. The van der Waals surface area contributed by atoms with Crippen molar-refractivity contribution in [1.29, 1.82) is 0 Å². The molecule has 0 spiro atoms. The average Bonchev–Trinajstić information content (AvgIpc) is 3.43. The summed E-state index contributed by atoms with van der Waals surface area (Å²) in [7, 11) is 0. The van der Waals surface area contributed by atoms with Crippen LogP contribution in [0.2, 0.25) is 0 Å².